The van der Waals surface area contributed by atoms with Gasteiger partial charge >= 0.3 is 37.8 Å². The standard InChI is InChI=1S/C4H8Se/c1-3-5-4-2/h3-4H,1-2H3. The van der Waals surface area contributed by atoms with Crippen LogP contribution >= 0.6 is 0 Å². The molecule has 0 aliphatic carbocycles. The van der Waals surface area contributed by atoms with Gasteiger partial charge in [-0.1, -0.05) is 0 Å². The van der Waals surface area contributed by atoms with Gasteiger partial charge in [-0.25, -0.2) is 0 Å². The van der Waals surface area contributed by atoms with E-state index >= 15 is 0 Å². The van der Waals surface area contributed by atoms with Gasteiger partial charge in [-0.05, 0) is 0 Å². The van der Waals surface area contributed by atoms with Crippen LogP contribution in [0.15, 0.2) is 0 Å². The third-order valence-electron chi connectivity index (χ3n) is 0.272. The van der Waals surface area contributed by atoms with E-state index in [1.807, 2.05) is 0 Å². The predicted octanol–water partition coefficient (Wildman–Crippen LogP) is 0.335. The van der Waals surface area contributed by atoms with Crippen molar-refractivity contribution in [1.82, 2.24) is 0 Å². The average molecular weight is 135 g/mol. The van der Waals surface area contributed by atoms with Crippen molar-refractivity contribution in [3.63, 3.8) is 0 Å². The Hall–Kier alpha value is 0.259. The Balaban J connectivity index is 3.26. The molecular formula is C4H8Se. The van der Waals surface area contributed by atoms with Gasteiger partial charge in [0.2, 0.25) is 0 Å². The fraction of sp³-hybridized carbons (Fsp3) is 0.500. The summed E-state index contributed by atoms with van der Waals surface area (Å²) in [7, 11) is 0. The zero-order valence-electron chi connectivity index (χ0n) is 3.56. The van der Waals surface area contributed by atoms with Crippen molar-refractivity contribution in [2.24, 2.45) is 0 Å². The van der Waals surface area contributed by atoms with Crippen LogP contribution in [-0.4, -0.2) is 23.9 Å². The van der Waals surface area contributed by atoms with Crippen molar-refractivity contribution in [2.75, 3.05) is 0 Å². The molecule has 0 aromatic rings. The first-order chi connectivity index (χ1) is 2.41. The van der Waals surface area contributed by atoms with Crippen LogP contribution in [0.25, 0.3) is 0 Å². The van der Waals surface area contributed by atoms with Gasteiger partial charge in [-0.3, -0.25) is 0 Å². The van der Waals surface area contributed by atoms with Gasteiger partial charge < -0.3 is 0 Å². The first kappa shape index (κ1) is 5.26. The predicted molar refractivity (Wildman–Crippen MR) is 29.2 cm³/mol. The van der Waals surface area contributed by atoms with E-state index in [0.717, 1.165) is 0 Å². The van der Waals surface area contributed by atoms with Crippen molar-refractivity contribution in [3.05, 3.63) is 0 Å². The summed E-state index contributed by atoms with van der Waals surface area (Å²) in [6.07, 6.45) is 0. The Morgan fingerprint density at radius 1 is 1.20 bits per heavy atom. The van der Waals surface area contributed by atoms with E-state index < -0.39 is 0 Å². The second kappa shape index (κ2) is 4.26. The molecule has 0 rings (SSSR count). The summed E-state index contributed by atoms with van der Waals surface area (Å²) < 4.78 is 0. The summed E-state index contributed by atoms with van der Waals surface area (Å²) in [6.45, 7) is 4.17. The first-order valence-electron chi connectivity index (χ1n) is 1.63. The molecule has 0 amide bonds. The van der Waals surface area contributed by atoms with E-state index in [1.54, 1.807) is 0 Å². The molecule has 0 N–H and O–H groups in total. The molecule has 30 valence electrons. The Morgan fingerprint density at radius 3 is 1.60 bits per heavy atom. The van der Waals surface area contributed by atoms with Crippen LogP contribution in [0.4, 0.5) is 0 Å². The van der Waals surface area contributed by atoms with Gasteiger partial charge in [0.05, 0.1) is 0 Å². The maximum atomic E-state index is 2.19. The summed E-state index contributed by atoms with van der Waals surface area (Å²) in [6, 6.07) is 0. The fourth-order valence-electron chi connectivity index (χ4n) is 0.136. The van der Waals surface area contributed by atoms with E-state index in [0.29, 0.717) is 14.1 Å². The Labute approximate surface area is 38.4 Å². The molecule has 0 atom stereocenters. The first-order valence-corrected chi connectivity index (χ1v) is 3.60. The van der Waals surface area contributed by atoms with Gasteiger partial charge in [0.15, 0.2) is 0 Å². The number of hydrogen-bond acceptors (Lipinski definition) is 0. The minimum absolute atomic E-state index is 0.708. The number of hydrogen-bond donors (Lipinski definition) is 0. The Kier molecular flexibility index (Phi) is 4.48. The van der Waals surface area contributed by atoms with E-state index in [2.05, 4.69) is 23.7 Å². The molecule has 5 heavy (non-hydrogen) atoms. The molecule has 0 saturated heterocycles. The third-order valence-corrected chi connectivity index (χ3v) is 1.41. The van der Waals surface area contributed by atoms with Crippen molar-refractivity contribution in [3.8, 4) is 0 Å². The Bertz CT molecular complexity index is 52.0. The molecule has 0 unspecified atom stereocenters. The van der Waals surface area contributed by atoms with E-state index in [1.165, 1.54) is 0 Å². The van der Waals surface area contributed by atoms with Crippen LogP contribution in [0.5, 0.6) is 0 Å². The monoisotopic (exact) mass is 136 g/mol. The van der Waals surface area contributed by atoms with Crippen molar-refractivity contribution >= 4 is 23.9 Å². The van der Waals surface area contributed by atoms with Crippen LogP contribution in [0, 0.1) is 0 Å². The summed E-state index contributed by atoms with van der Waals surface area (Å²) >= 11 is 0.708. The number of rotatable bonds is 0. The second-order valence-corrected chi connectivity index (χ2v) is 3.16. The molecule has 0 saturated carbocycles. The van der Waals surface area contributed by atoms with Crippen molar-refractivity contribution < 1.29 is 0 Å². The summed E-state index contributed by atoms with van der Waals surface area (Å²) in [4.78, 5) is 4.38. The molecule has 0 spiro atoms. The van der Waals surface area contributed by atoms with E-state index in [-0.39, 0.29) is 0 Å². The fourth-order valence-corrected chi connectivity index (χ4v) is 0.707. The minimum atomic E-state index is 0.708. The molecule has 0 heterocycles. The van der Waals surface area contributed by atoms with Gasteiger partial charge in [0, 0.05) is 0 Å². The normalized spacial score (nSPS) is 6.00. The Morgan fingerprint density at radius 2 is 1.60 bits per heavy atom. The molecule has 0 aromatic carbocycles. The zero-order chi connectivity index (χ0) is 4.12. The van der Waals surface area contributed by atoms with Gasteiger partial charge in [0.25, 0.3) is 0 Å². The second-order valence-electron chi connectivity index (χ2n) is 0.607. The summed E-state index contributed by atoms with van der Waals surface area (Å²) in [5.41, 5.74) is 0. The molecule has 0 fully saturated rings. The SMILES string of the molecule is CC=[Se]=CC. The van der Waals surface area contributed by atoms with Crippen LogP contribution in [0.3, 0.4) is 0 Å². The van der Waals surface area contributed by atoms with E-state index in [4.69, 9.17) is 0 Å². The van der Waals surface area contributed by atoms with Gasteiger partial charge in [0.1, 0.15) is 0 Å². The zero-order valence-corrected chi connectivity index (χ0v) is 5.28. The molecule has 0 aliphatic rings. The van der Waals surface area contributed by atoms with Crippen LogP contribution in [-0.2, 0) is 0 Å². The van der Waals surface area contributed by atoms with Crippen LogP contribution in [0.1, 0.15) is 13.8 Å². The van der Waals surface area contributed by atoms with Gasteiger partial charge in [-0.15, -0.1) is 0 Å². The molecular weight excluding hydrogens is 127 g/mol. The topological polar surface area (TPSA) is 0 Å². The molecule has 0 aliphatic heterocycles. The van der Waals surface area contributed by atoms with Crippen molar-refractivity contribution in [2.45, 2.75) is 13.8 Å². The third kappa shape index (κ3) is 4.26. The quantitative estimate of drug-likeness (QED) is 0.420. The van der Waals surface area contributed by atoms with E-state index in [9.17, 15) is 0 Å². The molecule has 0 nitrogen and oxygen atoms in total. The van der Waals surface area contributed by atoms with Gasteiger partial charge in [-0.2, -0.15) is 0 Å². The average Bonchev–Trinajstić information content (AvgIpc) is 1.41. The molecule has 0 aromatic heterocycles. The molecule has 0 bridgehead atoms. The summed E-state index contributed by atoms with van der Waals surface area (Å²) in [5.74, 6) is 0. The van der Waals surface area contributed by atoms with Crippen LogP contribution < -0.4 is 0 Å². The maximum absolute atomic E-state index is 2.19. The van der Waals surface area contributed by atoms with Crippen molar-refractivity contribution in [1.29, 1.82) is 0 Å². The molecule has 1 heteroatoms. The van der Waals surface area contributed by atoms with Crippen LogP contribution in [0.2, 0.25) is 0 Å². The summed E-state index contributed by atoms with van der Waals surface area (Å²) in [5, 5.41) is 0. The molecule has 0 radical (unpaired) electrons.